The Morgan fingerprint density at radius 1 is 0.900 bits per heavy atom. The maximum Gasteiger partial charge on any atom is 0.271 e. The van der Waals surface area contributed by atoms with Gasteiger partial charge in [0.1, 0.15) is 5.56 Å². The van der Waals surface area contributed by atoms with Crippen molar-refractivity contribution in [3.63, 3.8) is 0 Å². The van der Waals surface area contributed by atoms with Crippen molar-refractivity contribution < 1.29 is 27.5 Å². The fourth-order valence-corrected chi connectivity index (χ4v) is 4.00. The van der Waals surface area contributed by atoms with Gasteiger partial charge in [-0.25, -0.2) is 18.0 Å². The number of anilines is 1. The molecular formula is C20H13N3O6S. The van der Waals surface area contributed by atoms with Crippen LogP contribution < -0.4 is 14.4 Å². The fraction of sp³-hybridized carbons (Fsp3) is 0. The topological polar surface area (TPSA) is 128 Å². The third kappa shape index (κ3) is 3.29. The third-order valence-corrected chi connectivity index (χ3v) is 5.81. The number of aromatic nitrogens is 1. The summed E-state index contributed by atoms with van der Waals surface area (Å²) in [4.78, 5) is 37.9. The molecule has 0 bridgehead atoms. The van der Waals surface area contributed by atoms with Crippen molar-refractivity contribution in [2.45, 2.75) is 4.90 Å². The van der Waals surface area contributed by atoms with Gasteiger partial charge in [-0.15, -0.1) is 0 Å². The zero-order chi connectivity index (χ0) is 21.5. The predicted octanol–water partition coefficient (Wildman–Crippen LogP) is 1.24. The Balaban J connectivity index is 1.57. The second-order valence-corrected chi connectivity index (χ2v) is 8.05. The maximum atomic E-state index is 12.5. The summed E-state index contributed by atoms with van der Waals surface area (Å²) < 4.78 is 27.2. The van der Waals surface area contributed by atoms with Crippen LogP contribution in [0.15, 0.2) is 78.0 Å². The first-order valence-electron chi connectivity index (χ1n) is 8.62. The number of hydrogen-bond acceptors (Lipinski definition) is 6. The average molecular weight is 423 g/mol. The zero-order valence-electron chi connectivity index (χ0n) is 15.2. The molecule has 1 aliphatic heterocycles. The van der Waals surface area contributed by atoms with E-state index in [0.29, 0.717) is 4.73 Å². The summed E-state index contributed by atoms with van der Waals surface area (Å²) in [6.07, 6.45) is 2.10. The highest BCUT2D eigenvalue weighted by Gasteiger charge is 2.36. The van der Waals surface area contributed by atoms with Gasteiger partial charge in [0.2, 0.25) is 0 Å². The third-order valence-electron chi connectivity index (χ3n) is 4.46. The van der Waals surface area contributed by atoms with Gasteiger partial charge in [0.05, 0.1) is 21.7 Å². The van der Waals surface area contributed by atoms with Crippen LogP contribution in [0.3, 0.4) is 0 Å². The monoisotopic (exact) mass is 423 g/mol. The Morgan fingerprint density at radius 2 is 1.50 bits per heavy atom. The van der Waals surface area contributed by atoms with E-state index in [0.717, 1.165) is 17.3 Å². The molecule has 0 saturated heterocycles. The van der Waals surface area contributed by atoms with E-state index in [-0.39, 0.29) is 27.3 Å². The molecule has 0 fully saturated rings. The minimum absolute atomic E-state index is 0.126. The molecule has 2 heterocycles. The highest BCUT2D eigenvalue weighted by Crippen LogP contribution is 2.28. The van der Waals surface area contributed by atoms with Crippen LogP contribution in [-0.4, -0.2) is 26.1 Å². The molecule has 2 aromatic carbocycles. The number of amides is 3. The second kappa shape index (κ2) is 7.08. The summed E-state index contributed by atoms with van der Waals surface area (Å²) in [7, 11) is -4.24. The smallest absolute Gasteiger partial charge is 0.271 e. The molecule has 3 amide bonds. The van der Waals surface area contributed by atoms with E-state index in [1.807, 2.05) is 4.72 Å². The number of carbonyl (C=O) groups excluding carboxylic acids is 3. The van der Waals surface area contributed by atoms with Crippen LogP contribution >= 0.6 is 0 Å². The molecule has 9 nitrogen and oxygen atoms in total. The van der Waals surface area contributed by atoms with Crippen molar-refractivity contribution >= 4 is 33.4 Å². The number of hydrogen-bond donors (Lipinski definition) is 1. The van der Waals surface area contributed by atoms with Crippen molar-refractivity contribution in [3.8, 4) is 0 Å². The van der Waals surface area contributed by atoms with E-state index in [1.54, 1.807) is 24.3 Å². The average Bonchev–Trinajstić information content (AvgIpc) is 2.98. The van der Waals surface area contributed by atoms with Crippen LogP contribution in [0.5, 0.6) is 0 Å². The fourth-order valence-electron chi connectivity index (χ4n) is 3.03. The molecule has 3 aromatic rings. The van der Waals surface area contributed by atoms with Gasteiger partial charge in [0, 0.05) is 6.07 Å². The van der Waals surface area contributed by atoms with Gasteiger partial charge in [0.15, 0.2) is 12.4 Å². The van der Waals surface area contributed by atoms with Gasteiger partial charge >= 0.3 is 0 Å². The van der Waals surface area contributed by atoms with Gasteiger partial charge in [-0.1, -0.05) is 12.1 Å². The van der Waals surface area contributed by atoms with Crippen LogP contribution in [0.25, 0.3) is 0 Å². The van der Waals surface area contributed by atoms with Crippen LogP contribution in [0.4, 0.5) is 5.69 Å². The van der Waals surface area contributed by atoms with Gasteiger partial charge in [-0.3, -0.25) is 14.4 Å². The van der Waals surface area contributed by atoms with E-state index in [4.69, 9.17) is 0 Å². The molecule has 0 spiro atoms. The van der Waals surface area contributed by atoms with E-state index in [9.17, 15) is 28.0 Å². The van der Waals surface area contributed by atoms with Gasteiger partial charge < -0.3 is 5.21 Å². The lowest BCUT2D eigenvalue weighted by molar-refractivity contribution is -0.605. The lowest BCUT2D eigenvalue weighted by Crippen LogP contribution is -2.33. The molecule has 0 saturated carbocycles. The van der Waals surface area contributed by atoms with E-state index < -0.39 is 27.7 Å². The van der Waals surface area contributed by atoms with Crippen molar-refractivity contribution in [2.75, 3.05) is 4.90 Å². The number of pyridine rings is 1. The second-order valence-electron chi connectivity index (χ2n) is 6.37. The predicted molar refractivity (Wildman–Crippen MR) is 104 cm³/mol. The Labute approximate surface area is 170 Å². The number of nitrogens with zero attached hydrogens (tertiary/aromatic N) is 2. The number of benzene rings is 2. The molecule has 0 radical (unpaired) electrons. The molecule has 150 valence electrons. The van der Waals surface area contributed by atoms with Crippen LogP contribution in [-0.2, 0) is 10.0 Å². The number of carbonyl (C=O) groups is 3. The first-order valence-corrected chi connectivity index (χ1v) is 10.1. The first kappa shape index (κ1) is 19.3. The minimum atomic E-state index is -4.24. The van der Waals surface area contributed by atoms with Crippen LogP contribution in [0, 0.1) is 5.21 Å². The van der Waals surface area contributed by atoms with Gasteiger partial charge in [0.25, 0.3) is 27.7 Å². The summed E-state index contributed by atoms with van der Waals surface area (Å²) in [5.74, 6) is -1.98. The molecule has 1 aromatic heterocycles. The molecule has 1 aliphatic rings. The Morgan fingerprint density at radius 3 is 2.07 bits per heavy atom. The number of nitrogens with one attached hydrogen (secondary N) is 1. The summed E-state index contributed by atoms with van der Waals surface area (Å²) in [5, 5.41) is 11.3. The van der Waals surface area contributed by atoms with Gasteiger partial charge in [-0.05, 0) is 42.5 Å². The highest BCUT2D eigenvalue weighted by molar-refractivity contribution is 7.90. The van der Waals surface area contributed by atoms with Gasteiger partial charge in [-0.2, -0.15) is 4.73 Å². The number of imide groups is 1. The summed E-state index contributed by atoms with van der Waals surface area (Å²) in [6, 6.07) is 13.9. The quantitative estimate of drug-likeness (QED) is 0.382. The van der Waals surface area contributed by atoms with Crippen molar-refractivity contribution in [1.29, 1.82) is 0 Å². The van der Waals surface area contributed by atoms with Crippen LogP contribution in [0.1, 0.15) is 31.1 Å². The summed E-state index contributed by atoms with van der Waals surface area (Å²) in [6.45, 7) is 0. The number of rotatable bonds is 4. The molecule has 0 aliphatic carbocycles. The summed E-state index contributed by atoms with van der Waals surface area (Å²) >= 11 is 0. The molecular weight excluding hydrogens is 410 g/mol. The van der Waals surface area contributed by atoms with Crippen molar-refractivity contribution in [3.05, 3.63) is 95.0 Å². The van der Waals surface area contributed by atoms with Crippen LogP contribution in [0.2, 0.25) is 0 Å². The lowest BCUT2D eigenvalue weighted by Gasteiger charge is -2.14. The molecule has 0 atom stereocenters. The first-order chi connectivity index (χ1) is 14.3. The number of fused-ring (bicyclic) bond motifs is 1. The molecule has 0 unspecified atom stereocenters. The maximum absolute atomic E-state index is 12.5. The molecule has 10 heteroatoms. The standard InChI is InChI=1S/C20H13N3O6S/c24-18(13-4-3-11-22(27)12-13)21-30(28,29)15-9-7-14(8-10-15)23-19(25)16-5-1-2-6-17(16)20(23)26/h1-12H,(H,21,24). The van der Waals surface area contributed by atoms with E-state index in [2.05, 4.69) is 0 Å². The van der Waals surface area contributed by atoms with E-state index in [1.165, 1.54) is 36.4 Å². The Bertz CT molecular complexity index is 1270. The number of sulfonamides is 1. The largest absolute Gasteiger partial charge is 0.619 e. The Hall–Kier alpha value is -4.05. The highest BCUT2D eigenvalue weighted by atomic mass is 32.2. The SMILES string of the molecule is O=C(NS(=O)(=O)c1ccc(N2C(=O)c3ccccc3C2=O)cc1)c1ccc[n+]([O-])c1. The summed E-state index contributed by atoms with van der Waals surface area (Å²) in [5.41, 5.74) is 0.607. The van der Waals surface area contributed by atoms with Crippen molar-refractivity contribution in [1.82, 2.24) is 4.72 Å². The molecule has 30 heavy (non-hydrogen) atoms. The van der Waals surface area contributed by atoms with E-state index >= 15 is 0 Å². The zero-order valence-corrected chi connectivity index (χ0v) is 16.0. The van der Waals surface area contributed by atoms with Crippen molar-refractivity contribution in [2.24, 2.45) is 0 Å². The lowest BCUT2D eigenvalue weighted by atomic mass is 10.1. The molecule has 1 N–H and O–H groups in total. The minimum Gasteiger partial charge on any atom is -0.619 e. The Kier molecular flexibility index (Phi) is 4.55. The molecule has 4 rings (SSSR count). The normalized spacial score (nSPS) is 13.3.